The fraction of sp³-hybridized carbons (Fsp3) is 0.625. The molecule has 1 aliphatic heterocycles. The van der Waals surface area contributed by atoms with Gasteiger partial charge in [0.2, 0.25) is 0 Å². The largest absolute Gasteiger partial charge is 0.367 e. The topological polar surface area (TPSA) is 54.2 Å². The Hall–Kier alpha value is -1.62. The summed E-state index contributed by atoms with van der Waals surface area (Å²) < 4.78 is 2.02. The van der Waals surface area contributed by atoms with Gasteiger partial charge >= 0.3 is 0 Å². The van der Waals surface area contributed by atoms with Crippen LogP contribution in [-0.4, -0.2) is 33.7 Å². The van der Waals surface area contributed by atoms with Crippen molar-refractivity contribution in [1.29, 1.82) is 0 Å². The van der Waals surface area contributed by atoms with Crippen molar-refractivity contribution in [1.82, 2.24) is 19.9 Å². The van der Waals surface area contributed by atoms with Crippen molar-refractivity contribution in [3.8, 4) is 0 Å². The summed E-state index contributed by atoms with van der Waals surface area (Å²) >= 11 is 0. The molecule has 0 radical (unpaired) electrons. The van der Waals surface area contributed by atoms with Crippen molar-refractivity contribution < 1.29 is 0 Å². The highest BCUT2D eigenvalue weighted by Crippen LogP contribution is 2.57. The maximum Gasteiger partial charge on any atom is 0.157 e. The lowest BCUT2D eigenvalue weighted by molar-refractivity contribution is 0.477. The molecule has 0 aromatic carbocycles. The van der Waals surface area contributed by atoms with Gasteiger partial charge in [-0.25, -0.2) is 4.98 Å². The number of hydrogen-bond acceptors (Lipinski definition) is 4. The predicted octanol–water partition coefficient (Wildman–Crippen LogP) is 1.87. The van der Waals surface area contributed by atoms with Crippen LogP contribution in [0.4, 0.5) is 5.82 Å². The third kappa shape index (κ3) is 1.73. The number of piperidine rings is 1. The van der Waals surface area contributed by atoms with E-state index in [1.165, 1.54) is 49.2 Å². The molecule has 0 bridgehead atoms. The van der Waals surface area contributed by atoms with E-state index in [4.69, 9.17) is 4.98 Å². The zero-order chi connectivity index (χ0) is 13.9. The van der Waals surface area contributed by atoms with Crippen molar-refractivity contribution in [2.45, 2.75) is 50.0 Å². The zero-order valence-corrected chi connectivity index (χ0v) is 12.2. The van der Waals surface area contributed by atoms with Gasteiger partial charge in [0, 0.05) is 23.1 Å². The van der Waals surface area contributed by atoms with E-state index >= 15 is 0 Å². The molecule has 2 N–H and O–H groups in total. The Morgan fingerprint density at radius 2 is 2.10 bits per heavy atom. The third-order valence-corrected chi connectivity index (χ3v) is 5.52. The van der Waals surface area contributed by atoms with Gasteiger partial charge in [-0.1, -0.05) is 0 Å². The van der Waals surface area contributed by atoms with E-state index in [9.17, 15) is 0 Å². The van der Waals surface area contributed by atoms with Crippen LogP contribution < -0.4 is 10.6 Å². The van der Waals surface area contributed by atoms with E-state index < -0.39 is 0 Å². The smallest absolute Gasteiger partial charge is 0.157 e. The van der Waals surface area contributed by atoms with Crippen LogP contribution in [0, 0.1) is 0 Å². The van der Waals surface area contributed by atoms with Crippen LogP contribution in [-0.2, 0) is 11.8 Å². The molecule has 5 rings (SSSR count). The highest BCUT2D eigenvalue weighted by atomic mass is 15.3. The van der Waals surface area contributed by atoms with Crippen LogP contribution in [0.3, 0.4) is 0 Å². The van der Waals surface area contributed by atoms with E-state index in [-0.39, 0.29) is 0 Å². The molecule has 1 saturated carbocycles. The summed E-state index contributed by atoms with van der Waals surface area (Å²) in [4.78, 5) is 4.93. The summed E-state index contributed by atoms with van der Waals surface area (Å²) in [6.07, 6.45) is 9.32. The number of anilines is 1. The van der Waals surface area contributed by atoms with Gasteiger partial charge in [0.15, 0.2) is 5.65 Å². The van der Waals surface area contributed by atoms with Crippen LogP contribution in [0.15, 0.2) is 12.3 Å². The molecule has 110 valence electrons. The first kappa shape index (κ1) is 12.0. The maximum atomic E-state index is 4.93. The molecule has 5 heteroatoms. The van der Waals surface area contributed by atoms with Crippen molar-refractivity contribution in [2.24, 2.45) is 0 Å². The zero-order valence-electron chi connectivity index (χ0n) is 12.2. The lowest BCUT2D eigenvalue weighted by Crippen LogP contribution is -2.36. The second-order valence-electron chi connectivity index (χ2n) is 6.84. The van der Waals surface area contributed by atoms with Gasteiger partial charge in [-0.05, 0) is 51.6 Å². The van der Waals surface area contributed by atoms with Crippen LogP contribution >= 0.6 is 0 Å². The van der Waals surface area contributed by atoms with Crippen LogP contribution in [0.5, 0.6) is 0 Å². The van der Waals surface area contributed by atoms with Gasteiger partial charge in [0.25, 0.3) is 0 Å². The summed E-state index contributed by atoms with van der Waals surface area (Å²) in [6.45, 7) is 2.22. The van der Waals surface area contributed by atoms with Gasteiger partial charge < -0.3 is 10.6 Å². The monoisotopic (exact) mass is 283 g/mol. The summed E-state index contributed by atoms with van der Waals surface area (Å²) in [5, 5.41) is 11.7. The molecular weight excluding hydrogens is 262 g/mol. The standard InChI is InChI=1S/C16H21N5/c1-5-16(6-7-16)14-12(1)15(19-11-2-8-17-9-3-11)21-13(20-14)4-10-18-21/h4,10-11,17,19H,1-3,5-9H2. The minimum atomic E-state index is 0.423. The minimum absolute atomic E-state index is 0.423. The molecule has 2 aliphatic carbocycles. The summed E-state index contributed by atoms with van der Waals surface area (Å²) in [5.74, 6) is 1.22. The van der Waals surface area contributed by atoms with Gasteiger partial charge in [-0.2, -0.15) is 9.61 Å². The number of aromatic nitrogens is 3. The molecular formula is C16H21N5. The highest BCUT2D eigenvalue weighted by molar-refractivity contribution is 5.60. The van der Waals surface area contributed by atoms with Gasteiger partial charge in [0.1, 0.15) is 5.82 Å². The third-order valence-electron chi connectivity index (χ3n) is 5.52. The summed E-state index contributed by atoms with van der Waals surface area (Å²) in [5.41, 5.74) is 4.22. The lowest BCUT2D eigenvalue weighted by Gasteiger charge is -2.26. The number of nitrogens with one attached hydrogen (secondary N) is 2. The number of fused-ring (bicyclic) bond motifs is 3. The maximum absolute atomic E-state index is 4.93. The van der Waals surface area contributed by atoms with Crippen LogP contribution in [0.25, 0.3) is 5.65 Å². The van der Waals surface area contributed by atoms with Crippen molar-refractivity contribution >= 4 is 11.5 Å². The SMILES string of the molecule is c1cc2nc3c(c(NC4CCNCC4)n2n1)CCC31CC1. The Morgan fingerprint density at radius 1 is 1.24 bits per heavy atom. The second kappa shape index (κ2) is 4.19. The molecule has 1 saturated heterocycles. The molecule has 21 heavy (non-hydrogen) atoms. The number of rotatable bonds is 2. The Morgan fingerprint density at radius 3 is 2.90 bits per heavy atom. The Kier molecular flexibility index (Phi) is 2.39. The molecule has 2 aromatic heterocycles. The molecule has 0 atom stereocenters. The Bertz CT molecular complexity index is 694. The number of hydrogen-bond donors (Lipinski definition) is 2. The van der Waals surface area contributed by atoms with Crippen LogP contribution in [0.1, 0.15) is 43.4 Å². The van der Waals surface area contributed by atoms with E-state index in [1.807, 2.05) is 16.8 Å². The molecule has 2 fully saturated rings. The van der Waals surface area contributed by atoms with Crippen molar-refractivity contribution in [2.75, 3.05) is 18.4 Å². The summed E-state index contributed by atoms with van der Waals surface area (Å²) in [7, 11) is 0. The van der Waals surface area contributed by atoms with Crippen LogP contribution in [0.2, 0.25) is 0 Å². The molecule has 1 spiro atoms. The fourth-order valence-electron chi connectivity index (χ4n) is 4.08. The Balaban J connectivity index is 1.62. The quantitative estimate of drug-likeness (QED) is 0.883. The van der Waals surface area contributed by atoms with Crippen molar-refractivity contribution in [3.05, 3.63) is 23.5 Å². The van der Waals surface area contributed by atoms with Gasteiger partial charge in [-0.3, -0.25) is 0 Å². The van der Waals surface area contributed by atoms with Gasteiger partial charge in [0.05, 0.1) is 11.9 Å². The molecule has 0 amide bonds. The average Bonchev–Trinajstić information content (AvgIpc) is 2.99. The molecule has 3 aliphatic rings. The molecule has 2 aromatic rings. The fourth-order valence-corrected chi connectivity index (χ4v) is 4.08. The van der Waals surface area contributed by atoms with E-state index in [0.29, 0.717) is 11.5 Å². The second-order valence-corrected chi connectivity index (χ2v) is 6.84. The first-order chi connectivity index (χ1) is 10.4. The normalized spacial score (nSPS) is 23.6. The first-order valence-electron chi connectivity index (χ1n) is 8.20. The number of nitrogens with zero attached hydrogens (tertiary/aromatic N) is 3. The molecule has 0 unspecified atom stereocenters. The minimum Gasteiger partial charge on any atom is -0.367 e. The summed E-state index contributed by atoms with van der Waals surface area (Å²) in [6, 6.07) is 2.59. The first-order valence-corrected chi connectivity index (χ1v) is 8.20. The molecule has 3 heterocycles. The van der Waals surface area contributed by atoms with E-state index in [2.05, 4.69) is 15.7 Å². The van der Waals surface area contributed by atoms with Crippen molar-refractivity contribution in [3.63, 3.8) is 0 Å². The predicted molar refractivity (Wildman–Crippen MR) is 81.7 cm³/mol. The average molecular weight is 283 g/mol. The highest BCUT2D eigenvalue weighted by Gasteiger charge is 2.51. The van der Waals surface area contributed by atoms with E-state index in [0.717, 1.165) is 25.2 Å². The van der Waals surface area contributed by atoms with Gasteiger partial charge in [-0.15, -0.1) is 0 Å². The van der Waals surface area contributed by atoms with E-state index in [1.54, 1.807) is 0 Å². The molecule has 5 nitrogen and oxygen atoms in total. The Labute approximate surface area is 124 Å². The lowest BCUT2D eigenvalue weighted by atomic mass is 10.0.